The number of aromatic nitrogens is 2. The monoisotopic (exact) mass is 225 g/mol. The van der Waals surface area contributed by atoms with Crippen LogP contribution in [0.4, 0.5) is 0 Å². The predicted molar refractivity (Wildman–Crippen MR) is 65.3 cm³/mol. The van der Waals surface area contributed by atoms with Gasteiger partial charge in [-0.2, -0.15) is 11.8 Å². The topological polar surface area (TPSA) is 29.9 Å². The molecule has 0 spiro atoms. The van der Waals surface area contributed by atoms with Crippen LogP contribution in [0.2, 0.25) is 0 Å². The smallest absolute Gasteiger partial charge is 0.109 e. The van der Waals surface area contributed by atoms with Crippen LogP contribution in [0.15, 0.2) is 12.4 Å². The van der Waals surface area contributed by atoms with Crippen molar-refractivity contribution in [1.82, 2.24) is 14.9 Å². The molecule has 1 N–H and O–H groups in total. The molecule has 0 amide bonds. The van der Waals surface area contributed by atoms with Gasteiger partial charge in [-0.3, -0.25) is 0 Å². The van der Waals surface area contributed by atoms with Crippen molar-refractivity contribution in [3.8, 4) is 0 Å². The first-order valence-electron chi connectivity index (χ1n) is 5.48. The molecule has 0 radical (unpaired) electrons. The normalized spacial score (nSPS) is 18.0. The van der Waals surface area contributed by atoms with Crippen LogP contribution in [0.3, 0.4) is 0 Å². The Labute approximate surface area is 95.7 Å². The van der Waals surface area contributed by atoms with Crippen LogP contribution >= 0.6 is 11.8 Å². The van der Waals surface area contributed by atoms with Crippen molar-refractivity contribution in [3.63, 3.8) is 0 Å². The first kappa shape index (κ1) is 11.0. The maximum Gasteiger partial charge on any atom is 0.109 e. The van der Waals surface area contributed by atoms with Gasteiger partial charge < -0.3 is 9.88 Å². The minimum absolute atomic E-state index is 0.571. The molecule has 0 saturated heterocycles. The molecule has 84 valence electrons. The van der Waals surface area contributed by atoms with E-state index in [4.69, 9.17) is 0 Å². The second kappa shape index (κ2) is 4.58. The SMILES string of the molecule is CSC1(CNCCc2nccn2C)CC1. The van der Waals surface area contributed by atoms with E-state index in [2.05, 4.69) is 21.1 Å². The van der Waals surface area contributed by atoms with Gasteiger partial charge in [0.05, 0.1) is 0 Å². The van der Waals surface area contributed by atoms with Gasteiger partial charge in [0.15, 0.2) is 0 Å². The quantitative estimate of drug-likeness (QED) is 0.743. The molecule has 0 atom stereocenters. The highest BCUT2D eigenvalue weighted by atomic mass is 32.2. The Bertz CT molecular complexity index is 317. The highest BCUT2D eigenvalue weighted by Crippen LogP contribution is 2.46. The van der Waals surface area contributed by atoms with Gasteiger partial charge >= 0.3 is 0 Å². The van der Waals surface area contributed by atoms with Crippen molar-refractivity contribution in [2.24, 2.45) is 7.05 Å². The zero-order valence-corrected chi connectivity index (χ0v) is 10.3. The highest BCUT2D eigenvalue weighted by molar-refractivity contribution is 8.00. The molecule has 1 aromatic rings. The Morgan fingerprint density at radius 3 is 2.93 bits per heavy atom. The maximum atomic E-state index is 4.30. The summed E-state index contributed by atoms with van der Waals surface area (Å²) in [6, 6.07) is 0. The summed E-state index contributed by atoms with van der Waals surface area (Å²) in [6.45, 7) is 2.19. The lowest BCUT2D eigenvalue weighted by Crippen LogP contribution is -2.28. The summed E-state index contributed by atoms with van der Waals surface area (Å²) < 4.78 is 2.66. The van der Waals surface area contributed by atoms with Crippen molar-refractivity contribution in [2.75, 3.05) is 19.3 Å². The van der Waals surface area contributed by atoms with Crippen molar-refractivity contribution in [2.45, 2.75) is 24.0 Å². The molecule has 1 aliphatic rings. The molecule has 15 heavy (non-hydrogen) atoms. The van der Waals surface area contributed by atoms with E-state index in [1.54, 1.807) is 0 Å². The van der Waals surface area contributed by atoms with E-state index in [0.29, 0.717) is 4.75 Å². The minimum Gasteiger partial charge on any atom is -0.338 e. The molecule has 3 nitrogen and oxygen atoms in total. The van der Waals surface area contributed by atoms with Gasteiger partial charge in [0, 0.05) is 43.7 Å². The molecule has 4 heteroatoms. The molecular formula is C11H19N3S. The molecular weight excluding hydrogens is 206 g/mol. The summed E-state index contributed by atoms with van der Waals surface area (Å²) in [7, 11) is 2.05. The van der Waals surface area contributed by atoms with Crippen LogP contribution in [0.1, 0.15) is 18.7 Å². The van der Waals surface area contributed by atoms with Crippen molar-refractivity contribution >= 4 is 11.8 Å². The maximum absolute atomic E-state index is 4.30. The molecule has 1 fully saturated rings. The molecule has 1 saturated carbocycles. The van der Waals surface area contributed by atoms with E-state index in [9.17, 15) is 0 Å². The molecule has 1 aromatic heterocycles. The third kappa shape index (κ3) is 2.75. The second-order valence-corrected chi connectivity index (χ2v) is 5.54. The van der Waals surface area contributed by atoms with Gasteiger partial charge in [0.25, 0.3) is 0 Å². The van der Waals surface area contributed by atoms with Crippen LogP contribution in [0.5, 0.6) is 0 Å². The summed E-state index contributed by atoms with van der Waals surface area (Å²) in [5.74, 6) is 1.16. The Balaban J connectivity index is 1.65. The van der Waals surface area contributed by atoms with E-state index in [-0.39, 0.29) is 0 Å². The van der Waals surface area contributed by atoms with Crippen molar-refractivity contribution in [3.05, 3.63) is 18.2 Å². The van der Waals surface area contributed by atoms with Gasteiger partial charge in [-0.05, 0) is 19.1 Å². The zero-order chi connectivity index (χ0) is 10.7. The fourth-order valence-corrected chi connectivity index (χ4v) is 2.50. The van der Waals surface area contributed by atoms with Crippen molar-refractivity contribution in [1.29, 1.82) is 0 Å². The Kier molecular flexibility index (Phi) is 3.36. The Morgan fingerprint density at radius 2 is 2.40 bits per heavy atom. The molecule has 0 aliphatic heterocycles. The first-order chi connectivity index (χ1) is 7.26. The first-order valence-corrected chi connectivity index (χ1v) is 6.70. The number of nitrogens with one attached hydrogen (secondary N) is 1. The van der Waals surface area contributed by atoms with E-state index >= 15 is 0 Å². The molecule has 0 unspecified atom stereocenters. The summed E-state index contributed by atoms with van der Waals surface area (Å²) in [5, 5.41) is 3.53. The zero-order valence-electron chi connectivity index (χ0n) is 9.49. The number of hydrogen-bond donors (Lipinski definition) is 1. The minimum atomic E-state index is 0.571. The molecule has 0 bridgehead atoms. The fraction of sp³-hybridized carbons (Fsp3) is 0.727. The average Bonchev–Trinajstić information content (AvgIpc) is 2.92. The molecule has 1 aliphatic carbocycles. The second-order valence-electron chi connectivity index (χ2n) is 4.27. The van der Waals surface area contributed by atoms with Crippen LogP contribution in [-0.4, -0.2) is 33.6 Å². The summed E-state index contributed by atoms with van der Waals surface area (Å²) in [4.78, 5) is 4.30. The summed E-state index contributed by atoms with van der Waals surface area (Å²) in [5.41, 5.74) is 0. The van der Waals surface area contributed by atoms with Crippen LogP contribution < -0.4 is 5.32 Å². The number of hydrogen-bond acceptors (Lipinski definition) is 3. The number of thioether (sulfide) groups is 1. The number of nitrogens with zero attached hydrogens (tertiary/aromatic N) is 2. The Hall–Kier alpha value is -0.480. The largest absolute Gasteiger partial charge is 0.338 e. The summed E-state index contributed by atoms with van der Waals surface area (Å²) >= 11 is 2.01. The number of aryl methyl sites for hydroxylation is 1. The Morgan fingerprint density at radius 1 is 1.60 bits per heavy atom. The summed E-state index contributed by atoms with van der Waals surface area (Å²) in [6.07, 6.45) is 9.85. The third-order valence-corrected chi connectivity index (χ3v) is 4.55. The van der Waals surface area contributed by atoms with Gasteiger partial charge in [0.1, 0.15) is 5.82 Å². The predicted octanol–water partition coefficient (Wildman–Crippen LogP) is 1.45. The van der Waals surface area contributed by atoms with E-state index in [1.807, 2.05) is 31.2 Å². The lowest BCUT2D eigenvalue weighted by Gasteiger charge is -2.12. The van der Waals surface area contributed by atoms with Gasteiger partial charge in [0.2, 0.25) is 0 Å². The number of imidazole rings is 1. The average molecular weight is 225 g/mol. The van der Waals surface area contributed by atoms with Gasteiger partial charge in [-0.15, -0.1) is 0 Å². The number of rotatable bonds is 6. The molecule has 1 heterocycles. The van der Waals surface area contributed by atoms with Crippen molar-refractivity contribution < 1.29 is 0 Å². The lowest BCUT2D eigenvalue weighted by molar-refractivity contribution is 0.637. The van der Waals surface area contributed by atoms with Gasteiger partial charge in [-0.25, -0.2) is 4.98 Å². The van der Waals surface area contributed by atoms with Gasteiger partial charge in [-0.1, -0.05) is 0 Å². The van der Waals surface area contributed by atoms with E-state index in [0.717, 1.165) is 25.3 Å². The molecule has 2 rings (SSSR count). The highest BCUT2D eigenvalue weighted by Gasteiger charge is 2.41. The van der Waals surface area contributed by atoms with Crippen LogP contribution in [0.25, 0.3) is 0 Å². The third-order valence-electron chi connectivity index (χ3n) is 3.13. The van der Waals surface area contributed by atoms with E-state index < -0.39 is 0 Å². The molecule has 0 aromatic carbocycles. The van der Waals surface area contributed by atoms with E-state index in [1.165, 1.54) is 12.8 Å². The standard InChI is InChI=1S/C11H19N3S/c1-14-8-7-13-10(14)3-6-12-9-11(15-2)4-5-11/h7-8,12H,3-6,9H2,1-2H3. The lowest BCUT2D eigenvalue weighted by atomic mass is 10.3. The van der Waals surface area contributed by atoms with Crippen LogP contribution in [-0.2, 0) is 13.5 Å². The van der Waals surface area contributed by atoms with Crippen LogP contribution in [0, 0.1) is 0 Å². The fourth-order valence-electron chi connectivity index (χ4n) is 1.75.